The third-order valence-electron chi connectivity index (χ3n) is 2.40. The van der Waals surface area contributed by atoms with E-state index in [2.05, 4.69) is 10.1 Å². The van der Waals surface area contributed by atoms with Crippen molar-refractivity contribution in [1.29, 1.82) is 0 Å². The molecule has 0 heterocycles. The molecule has 0 radical (unpaired) electrons. The van der Waals surface area contributed by atoms with E-state index in [1.54, 1.807) is 12.1 Å². The molecule has 0 saturated heterocycles. The van der Waals surface area contributed by atoms with Crippen LogP contribution in [-0.4, -0.2) is 25.9 Å². The summed E-state index contributed by atoms with van der Waals surface area (Å²) in [5.74, 6) is 0. The molecule has 18 heavy (non-hydrogen) atoms. The molecule has 5 heteroatoms. The van der Waals surface area contributed by atoms with Gasteiger partial charge in [0.15, 0.2) is 0 Å². The SMILES string of the molecule is CCNCCc1ccc(COCC(F)(F)F)cc1. The second-order valence-corrected chi connectivity index (χ2v) is 4.03. The lowest BCUT2D eigenvalue weighted by Gasteiger charge is -2.08. The molecular weight excluding hydrogens is 243 g/mol. The number of rotatable bonds is 7. The zero-order valence-corrected chi connectivity index (χ0v) is 10.4. The minimum atomic E-state index is -4.26. The monoisotopic (exact) mass is 261 g/mol. The quantitative estimate of drug-likeness (QED) is 0.762. The standard InChI is InChI=1S/C13H18F3NO/c1-2-17-8-7-11-3-5-12(6-4-11)9-18-10-13(14,15)16/h3-6,17H,2,7-10H2,1H3. The highest BCUT2D eigenvalue weighted by Gasteiger charge is 2.27. The predicted octanol–water partition coefficient (Wildman–Crippen LogP) is 2.92. The smallest absolute Gasteiger partial charge is 0.367 e. The Morgan fingerprint density at radius 3 is 2.28 bits per heavy atom. The molecule has 1 N–H and O–H groups in total. The Bertz CT molecular complexity index is 335. The summed E-state index contributed by atoms with van der Waals surface area (Å²) in [4.78, 5) is 0. The van der Waals surface area contributed by atoms with Crippen LogP contribution in [-0.2, 0) is 17.8 Å². The molecule has 0 aromatic heterocycles. The van der Waals surface area contributed by atoms with Crippen molar-refractivity contribution in [3.63, 3.8) is 0 Å². The molecule has 0 fully saturated rings. The van der Waals surface area contributed by atoms with Crippen molar-refractivity contribution in [3.8, 4) is 0 Å². The fourth-order valence-electron chi connectivity index (χ4n) is 1.50. The first-order valence-corrected chi connectivity index (χ1v) is 5.94. The van der Waals surface area contributed by atoms with Crippen molar-refractivity contribution in [2.75, 3.05) is 19.7 Å². The van der Waals surface area contributed by atoms with Crippen molar-refractivity contribution in [2.24, 2.45) is 0 Å². The first-order chi connectivity index (χ1) is 8.51. The van der Waals surface area contributed by atoms with Gasteiger partial charge in [0.1, 0.15) is 6.61 Å². The van der Waals surface area contributed by atoms with E-state index in [0.29, 0.717) is 0 Å². The average molecular weight is 261 g/mol. The summed E-state index contributed by atoms with van der Waals surface area (Å²) in [5.41, 5.74) is 1.92. The molecule has 0 amide bonds. The number of benzene rings is 1. The summed E-state index contributed by atoms with van der Waals surface area (Å²) in [6.07, 6.45) is -3.34. The number of nitrogens with one attached hydrogen (secondary N) is 1. The molecular formula is C13H18F3NO. The Balaban J connectivity index is 2.31. The van der Waals surface area contributed by atoms with Crippen LogP contribution in [0, 0.1) is 0 Å². The number of hydrogen-bond donors (Lipinski definition) is 1. The number of likely N-dealkylation sites (N-methyl/N-ethyl adjacent to an activating group) is 1. The van der Waals surface area contributed by atoms with Crippen LogP contribution in [0.3, 0.4) is 0 Å². The Labute approximate surface area is 105 Å². The molecule has 0 unspecified atom stereocenters. The van der Waals surface area contributed by atoms with Crippen LogP contribution in [0.15, 0.2) is 24.3 Å². The Kier molecular flexibility index (Phi) is 6.15. The molecule has 1 aromatic carbocycles. The third-order valence-corrected chi connectivity index (χ3v) is 2.40. The van der Waals surface area contributed by atoms with Crippen molar-refractivity contribution >= 4 is 0 Å². The van der Waals surface area contributed by atoms with Crippen LogP contribution in [0.2, 0.25) is 0 Å². The van der Waals surface area contributed by atoms with Gasteiger partial charge in [0.2, 0.25) is 0 Å². The van der Waals surface area contributed by atoms with Crippen LogP contribution in [0.25, 0.3) is 0 Å². The molecule has 0 spiro atoms. The number of alkyl halides is 3. The van der Waals surface area contributed by atoms with Crippen molar-refractivity contribution in [2.45, 2.75) is 26.1 Å². The van der Waals surface area contributed by atoms with Crippen LogP contribution >= 0.6 is 0 Å². The van der Waals surface area contributed by atoms with Gasteiger partial charge in [-0.3, -0.25) is 0 Å². The van der Waals surface area contributed by atoms with Crippen LogP contribution in [0.1, 0.15) is 18.1 Å². The van der Waals surface area contributed by atoms with Gasteiger partial charge in [-0.15, -0.1) is 0 Å². The summed E-state index contributed by atoms with van der Waals surface area (Å²) in [7, 11) is 0. The van der Waals surface area contributed by atoms with Crippen LogP contribution < -0.4 is 5.32 Å². The van der Waals surface area contributed by atoms with E-state index < -0.39 is 12.8 Å². The Hall–Kier alpha value is -1.07. The van der Waals surface area contributed by atoms with Crippen LogP contribution in [0.4, 0.5) is 13.2 Å². The van der Waals surface area contributed by atoms with Gasteiger partial charge in [-0.1, -0.05) is 31.2 Å². The van der Waals surface area contributed by atoms with E-state index in [-0.39, 0.29) is 6.61 Å². The van der Waals surface area contributed by atoms with Gasteiger partial charge < -0.3 is 10.1 Å². The van der Waals surface area contributed by atoms with E-state index in [1.165, 1.54) is 0 Å². The molecule has 0 aliphatic heterocycles. The van der Waals surface area contributed by atoms with Gasteiger partial charge in [0.25, 0.3) is 0 Å². The molecule has 0 bridgehead atoms. The van der Waals surface area contributed by atoms with Crippen molar-refractivity contribution in [1.82, 2.24) is 5.32 Å². The second kappa shape index (κ2) is 7.38. The molecule has 1 rings (SSSR count). The summed E-state index contributed by atoms with van der Waals surface area (Å²) >= 11 is 0. The lowest BCUT2D eigenvalue weighted by molar-refractivity contribution is -0.176. The van der Waals surface area contributed by atoms with E-state index in [0.717, 1.165) is 30.6 Å². The fraction of sp³-hybridized carbons (Fsp3) is 0.538. The molecule has 2 nitrogen and oxygen atoms in total. The van der Waals surface area contributed by atoms with Crippen molar-refractivity contribution in [3.05, 3.63) is 35.4 Å². The third kappa shape index (κ3) is 6.61. The first kappa shape index (κ1) is 15.0. The van der Waals surface area contributed by atoms with Gasteiger partial charge in [0.05, 0.1) is 6.61 Å². The number of halogens is 3. The van der Waals surface area contributed by atoms with Gasteiger partial charge in [0, 0.05) is 0 Å². The van der Waals surface area contributed by atoms with Crippen LogP contribution in [0.5, 0.6) is 0 Å². The number of hydrogen-bond acceptors (Lipinski definition) is 2. The lowest BCUT2D eigenvalue weighted by Crippen LogP contribution is -2.17. The van der Waals surface area contributed by atoms with E-state index >= 15 is 0 Å². The Morgan fingerprint density at radius 2 is 1.72 bits per heavy atom. The van der Waals surface area contributed by atoms with Gasteiger partial charge in [-0.05, 0) is 30.6 Å². The molecule has 0 aliphatic carbocycles. The maximum absolute atomic E-state index is 11.9. The zero-order valence-electron chi connectivity index (χ0n) is 10.4. The second-order valence-electron chi connectivity index (χ2n) is 4.03. The maximum Gasteiger partial charge on any atom is 0.411 e. The molecule has 1 aromatic rings. The highest BCUT2D eigenvalue weighted by molar-refractivity contribution is 5.22. The Morgan fingerprint density at radius 1 is 1.11 bits per heavy atom. The summed E-state index contributed by atoms with van der Waals surface area (Å²) in [5, 5.41) is 3.21. The van der Waals surface area contributed by atoms with Crippen molar-refractivity contribution < 1.29 is 17.9 Å². The van der Waals surface area contributed by atoms with Gasteiger partial charge >= 0.3 is 6.18 Å². The van der Waals surface area contributed by atoms with Gasteiger partial charge in [-0.25, -0.2) is 0 Å². The zero-order chi connectivity index (χ0) is 13.4. The average Bonchev–Trinajstić information content (AvgIpc) is 2.30. The van der Waals surface area contributed by atoms with E-state index in [4.69, 9.17) is 0 Å². The summed E-state index contributed by atoms with van der Waals surface area (Å²) in [6.45, 7) is 2.67. The minimum absolute atomic E-state index is 0.00694. The normalized spacial score (nSPS) is 11.8. The highest BCUT2D eigenvalue weighted by atomic mass is 19.4. The molecule has 0 aliphatic rings. The van der Waals surface area contributed by atoms with Gasteiger partial charge in [-0.2, -0.15) is 13.2 Å². The minimum Gasteiger partial charge on any atom is -0.367 e. The molecule has 0 atom stereocenters. The topological polar surface area (TPSA) is 21.3 Å². The van der Waals surface area contributed by atoms with E-state index in [9.17, 15) is 13.2 Å². The maximum atomic E-state index is 11.9. The molecule has 102 valence electrons. The summed E-state index contributed by atoms with van der Waals surface area (Å²) < 4.78 is 40.2. The number of ether oxygens (including phenoxy) is 1. The predicted molar refractivity (Wildman–Crippen MR) is 64.4 cm³/mol. The van der Waals surface area contributed by atoms with E-state index in [1.807, 2.05) is 19.1 Å². The summed E-state index contributed by atoms with van der Waals surface area (Å²) in [6, 6.07) is 7.45. The largest absolute Gasteiger partial charge is 0.411 e. The fourth-order valence-corrected chi connectivity index (χ4v) is 1.50. The molecule has 0 saturated carbocycles. The highest BCUT2D eigenvalue weighted by Crippen LogP contribution is 2.15. The lowest BCUT2D eigenvalue weighted by atomic mass is 10.1. The first-order valence-electron chi connectivity index (χ1n) is 5.94.